The quantitative estimate of drug-likeness (QED) is 0.654. The van der Waals surface area contributed by atoms with Crippen LogP contribution in [0.2, 0.25) is 0 Å². The Hall–Kier alpha value is -1.10. The Morgan fingerprint density at radius 1 is 1.00 bits per heavy atom. The molecule has 1 amide bonds. The van der Waals surface area contributed by atoms with Crippen molar-refractivity contribution in [3.8, 4) is 0 Å². The zero-order chi connectivity index (χ0) is 15.3. The summed E-state index contributed by atoms with van der Waals surface area (Å²) in [5.74, 6) is -0.726. The van der Waals surface area contributed by atoms with Crippen LogP contribution >= 0.6 is 0 Å². The first kappa shape index (κ1) is 16.3. The van der Waals surface area contributed by atoms with Crippen LogP contribution in [0.4, 0.5) is 0 Å². The summed E-state index contributed by atoms with van der Waals surface area (Å²) in [7, 11) is 0. The van der Waals surface area contributed by atoms with Crippen LogP contribution in [0, 0.1) is 10.8 Å². The summed E-state index contributed by atoms with van der Waals surface area (Å²) in [5, 5.41) is 12.1. The van der Waals surface area contributed by atoms with Gasteiger partial charge < -0.3 is 16.2 Å². The van der Waals surface area contributed by atoms with Crippen molar-refractivity contribution in [1.82, 2.24) is 5.32 Å². The zero-order valence-corrected chi connectivity index (χ0v) is 12.8. The minimum absolute atomic E-state index is 0.0450. The van der Waals surface area contributed by atoms with E-state index in [4.69, 9.17) is 10.8 Å². The molecule has 0 aromatic carbocycles. The average Bonchev–Trinajstić information content (AvgIpc) is 2.67. The van der Waals surface area contributed by atoms with E-state index >= 15 is 0 Å². The summed E-state index contributed by atoms with van der Waals surface area (Å²) in [6, 6.07) is 0. The number of carbonyl (C=O) groups excluding carboxylic acids is 1. The van der Waals surface area contributed by atoms with Gasteiger partial charge in [0.05, 0.1) is 11.8 Å². The molecule has 120 valence electrons. The lowest BCUT2D eigenvalue weighted by Crippen LogP contribution is -2.50. The van der Waals surface area contributed by atoms with Gasteiger partial charge in [0.1, 0.15) is 0 Å². The number of amides is 1. The van der Waals surface area contributed by atoms with Gasteiger partial charge in [-0.15, -0.1) is 0 Å². The van der Waals surface area contributed by atoms with Crippen LogP contribution < -0.4 is 11.1 Å². The summed E-state index contributed by atoms with van der Waals surface area (Å²) in [4.78, 5) is 23.6. The average molecular weight is 296 g/mol. The van der Waals surface area contributed by atoms with Crippen molar-refractivity contribution in [1.29, 1.82) is 0 Å². The van der Waals surface area contributed by atoms with Crippen molar-refractivity contribution in [2.24, 2.45) is 16.6 Å². The first-order valence-corrected chi connectivity index (χ1v) is 8.22. The largest absolute Gasteiger partial charge is 0.481 e. The fourth-order valence-electron chi connectivity index (χ4n) is 3.80. The topological polar surface area (TPSA) is 92.4 Å². The Bertz CT molecular complexity index is 383. The zero-order valence-electron chi connectivity index (χ0n) is 12.8. The van der Waals surface area contributed by atoms with Gasteiger partial charge in [-0.05, 0) is 31.1 Å². The van der Waals surface area contributed by atoms with E-state index in [1.807, 2.05) is 0 Å². The molecule has 2 aliphatic rings. The van der Waals surface area contributed by atoms with Gasteiger partial charge in [0.15, 0.2) is 0 Å². The first-order valence-electron chi connectivity index (χ1n) is 8.22. The predicted molar refractivity (Wildman–Crippen MR) is 80.7 cm³/mol. The lowest BCUT2D eigenvalue weighted by molar-refractivity contribution is -0.142. The summed E-state index contributed by atoms with van der Waals surface area (Å²) in [5.41, 5.74) is 5.27. The lowest BCUT2D eigenvalue weighted by atomic mass is 9.66. The SMILES string of the molecule is NCC1(C(=O)NCC2(CC(=O)O)CCC2)CCCCCC1. The molecule has 0 spiro atoms. The fourth-order valence-corrected chi connectivity index (χ4v) is 3.80. The number of carbonyl (C=O) groups is 2. The van der Waals surface area contributed by atoms with Crippen LogP contribution in [0.3, 0.4) is 0 Å². The minimum atomic E-state index is -0.771. The molecule has 2 saturated carbocycles. The third-order valence-electron chi connectivity index (χ3n) is 5.50. The molecule has 0 aromatic heterocycles. The normalized spacial score (nSPS) is 23.7. The lowest BCUT2D eigenvalue weighted by Gasteiger charge is -2.42. The highest BCUT2D eigenvalue weighted by atomic mass is 16.4. The van der Waals surface area contributed by atoms with Crippen LogP contribution in [-0.2, 0) is 9.59 Å². The van der Waals surface area contributed by atoms with Gasteiger partial charge in [-0.1, -0.05) is 32.1 Å². The third kappa shape index (κ3) is 3.76. The van der Waals surface area contributed by atoms with Crippen molar-refractivity contribution in [3.63, 3.8) is 0 Å². The number of rotatable bonds is 6. The fraction of sp³-hybridized carbons (Fsp3) is 0.875. The van der Waals surface area contributed by atoms with Crippen LogP contribution in [0.25, 0.3) is 0 Å². The Balaban J connectivity index is 1.94. The standard InChI is InChI=1S/C16H28N2O3/c17-11-16(8-3-1-2-4-9-16)14(21)18-12-15(6-5-7-15)10-13(19)20/h1-12,17H2,(H,18,21)(H,19,20). The summed E-state index contributed by atoms with van der Waals surface area (Å²) in [6.45, 7) is 0.880. The molecule has 5 heteroatoms. The number of nitrogens with one attached hydrogen (secondary N) is 1. The van der Waals surface area contributed by atoms with Crippen molar-refractivity contribution < 1.29 is 14.7 Å². The number of carboxylic acid groups (broad SMARTS) is 1. The molecule has 2 rings (SSSR count). The smallest absolute Gasteiger partial charge is 0.303 e. The van der Waals surface area contributed by atoms with E-state index in [9.17, 15) is 9.59 Å². The Morgan fingerprint density at radius 3 is 2.05 bits per heavy atom. The van der Waals surface area contributed by atoms with Gasteiger partial charge in [0.2, 0.25) is 5.91 Å². The molecule has 0 radical (unpaired) electrons. The molecule has 2 aliphatic carbocycles. The summed E-state index contributed by atoms with van der Waals surface area (Å²) < 4.78 is 0. The van der Waals surface area contributed by atoms with E-state index in [1.54, 1.807) is 0 Å². The predicted octanol–water partition coefficient (Wildman–Crippen LogP) is 2.05. The molecule has 5 nitrogen and oxygen atoms in total. The van der Waals surface area contributed by atoms with Crippen LogP contribution in [-0.4, -0.2) is 30.1 Å². The molecular weight excluding hydrogens is 268 g/mol. The van der Waals surface area contributed by atoms with Crippen molar-refractivity contribution in [2.45, 2.75) is 64.2 Å². The van der Waals surface area contributed by atoms with Gasteiger partial charge >= 0.3 is 5.97 Å². The highest BCUT2D eigenvalue weighted by Crippen LogP contribution is 2.43. The molecule has 0 atom stereocenters. The van der Waals surface area contributed by atoms with Crippen LogP contribution in [0.5, 0.6) is 0 Å². The number of aliphatic carboxylic acids is 1. The molecule has 0 aromatic rings. The van der Waals surface area contributed by atoms with E-state index in [0.29, 0.717) is 13.1 Å². The van der Waals surface area contributed by atoms with Crippen LogP contribution in [0.15, 0.2) is 0 Å². The highest BCUT2D eigenvalue weighted by molar-refractivity contribution is 5.83. The molecule has 0 aliphatic heterocycles. The molecule has 0 saturated heterocycles. The van der Waals surface area contributed by atoms with Gasteiger partial charge in [-0.2, -0.15) is 0 Å². The maximum absolute atomic E-state index is 12.6. The van der Waals surface area contributed by atoms with Gasteiger partial charge in [0.25, 0.3) is 0 Å². The molecule has 0 heterocycles. The highest BCUT2D eigenvalue weighted by Gasteiger charge is 2.42. The summed E-state index contributed by atoms with van der Waals surface area (Å²) in [6.07, 6.45) is 9.22. The molecule has 0 bridgehead atoms. The second-order valence-electron chi connectivity index (χ2n) is 7.01. The van der Waals surface area contributed by atoms with E-state index in [0.717, 1.165) is 44.9 Å². The Kier molecular flexibility index (Phi) is 5.25. The molecular formula is C16H28N2O3. The first-order chi connectivity index (χ1) is 10.0. The monoisotopic (exact) mass is 296 g/mol. The van der Waals surface area contributed by atoms with Gasteiger partial charge in [0, 0.05) is 13.1 Å². The second kappa shape index (κ2) is 6.77. The van der Waals surface area contributed by atoms with Gasteiger partial charge in [-0.25, -0.2) is 0 Å². The van der Waals surface area contributed by atoms with Crippen molar-refractivity contribution >= 4 is 11.9 Å². The Labute approximate surface area is 126 Å². The van der Waals surface area contributed by atoms with E-state index < -0.39 is 11.4 Å². The van der Waals surface area contributed by atoms with E-state index in [1.165, 1.54) is 12.8 Å². The van der Waals surface area contributed by atoms with Gasteiger partial charge in [-0.3, -0.25) is 9.59 Å². The number of hydrogen-bond donors (Lipinski definition) is 3. The van der Waals surface area contributed by atoms with Crippen LogP contribution in [0.1, 0.15) is 64.2 Å². The maximum atomic E-state index is 12.6. The number of hydrogen-bond acceptors (Lipinski definition) is 3. The maximum Gasteiger partial charge on any atom is 0.303 e. The molecule has 0 unspecified atom stereocenters. The minimum Gasteiger partial charge on any atom is -0.481 e. The number of nitrogens with two attached hydrogens (primary N) is 1. The Morgan fingerprint density at radius 2 is 1.62 bits per heavy atom. The van der Waals surface area contributed by atoms with E-state index in [2.05, 4.69) is 5.32 Å². The van der Waals surface area contributed by atoms with Crippen molar-refractivity contribution in [2.75, 3.05) is 13.1 Å². The van der Waals surface area contributed by atoms with E-state index in [-0.39, 0.29) is 17.7 Å². The third-order valence-corrected chi connectivity index (χ3v) is 5.50. The summed E-state index contributed by atoms with van der Waals surface area (Å²) >= 11 is 0. The molecule has 4 N–H and O–H groups in total. The van der Waals surface area contributed by atoms with Crippen molar-refractivity contribution in [3.05, 3.63) is 0 Å². The molecule has 2 fully saturated rings. The molecule has 21 heavy (non-hydrogen) atoms. The second-order valence-corrected chi connectivity index (χ2v) is 7.01. The number of carboxylic acids is 1.